The first-order valence-electron chi connectivity index (χ1n) is 7.64. The SMILES string of the molecule is Cc1ccc(NC(=O)CN(C)C(=O)COC(=O)[C@@H]2C[C@H]2C)cc1. The van der Waals surface area contributed by atoms with Crippen LogP contribution in [0.25, 0.3) is 0 Å². The molecular weight excluding hydrogens is 296 g/mol. The molecule has 6 heteroatoms. The molecule has 0 aromatic heterocycles. The smallest absolute Gasteiger partial charge is 0.309 e. The van der Waals surface area contributed by atoms with Gasteiger partial charge in [-0.25, -0.2) is 0 Å². The lowest BCUT2D eigenvalue weighted by Crippen LogP contribution is -2.37. The van der Waals surface area contributed by atoms with Crippen molar-refractivity contribution in [1.82, 2.24) is 4.90 Å². The molecule has 1 fully saturated rings. The van der Waals surface area contributed by atoms with Crippen LogP contribution in [0.3, 0.4) is 0 Å². The van der Waals surface area contributed by atoms with Gasteiger partial charge in [-0.3, -0.25) is 14.4 Å². The number of esters is 1. The molecule has 2 rings (SSSR count). The fourth-order valence-corrected chi connectivity index (χ4v) is 2.14. The van der Waals surface area contributed by atoms with E-state index in [9.17, 15) is 14.4 Å². The second-order valence-corrected chi connectivity index (χ2v) is 6.09. The van der Waals surface area contributed by atoms with Gasteiger partial charge < -0.3 is 15.0 Å². The van der Waals surface area contributed by atoms with Crippen LogP contribution < -0.4 is 5.32 Å². The van der Waals surface area contributed by atoms with E-state index in [1.165, 1.54) is 11.9 Å². The Labute approximate surface area is 135 Å². The normalized spacial score (nSPS) is 18.9. The molecule has 2 amide bonds. The number of nitrogens with zero attached hydrogens (tertiary/aromatic N) is 1. The maximum Gasteiger partial charge on any atom is 0.309 e. The molecule has 0 radical (unpaired) electrons. The molecule has 0 saturated heterocycles. The van der Waals surface area contributed by atoms with Gasteiger partial charge in [-0.15, -0.1) is 0 Å². The Morgan fingerprint density at radius 1 is 1.26 bits per heavy atom. The minimum Gasteiger partial charge on any atom is -0.455 e. The van der Waals surface area contributed by atoms with Crippen molar-refractivity contribution in [3.8, 4) is 0 Å². The lowest BCUT2D eigenvalue weighted by atomic mass is 10.2. The van der Waals surface area contributed by atoms with Gasteiger partial charge in [-0.05, 0) is 31.4 Å². The highest BCUT2D eigenvalue weighted by atomic mass is 16.5. The number of ether oxygens (including phenoxy) is 1. The number of amides is 2. The van der Waals surface area contributed by atoms with Crippen molar-refractivity contribution < 1.29 is 19.1 Å². The van der Waals surface area contributed by atoms with Crippen molar-refractivity contribution in [2.45, 2.75) is 20.3 Å². The molecule has 0 aliphatic heterocycles. The van der Waals surface area contributed by atoms with Crippen molar-refractivity contribution in [3.05, 3.63) is 29.8 Å². The molecule has 1 aliphatic carbocycles. The zero-order valence-electron chi connectivity index (χ0n) is 13.7. The van der Waals surface area contributed by atoms with Crippen LogP contribution in [0.15, 0.2) is 24.3 Å². The first-order chi connectivity index (χ1) is 10.9. The Bertz CT molecular complexity index is 597. The fourth-order valence-electron chi connectivity index (χ4n) is 2.14. The summed E-state index contributed by atoms with van der Waals surface area (Å²) in [5, 5.41) is 2.71. The number of anilines is 1. The van der Waals surface area contributed by atoms with Crippen molar-refractivity contribution in [2.24, 2.45) is 11.8 Å². The van der Waals surface area contributed by atoms with E-state index in [1.807, 2.05) is 26.0 Å². The summed E-state index contributed by atoms with van der Waals surface area (Å²) in [7, 11) is 1.50. The highest BCUT2D eigenvalue weighted by Gasteiger charge is 2.40. The Balaban J connectivity index is 1.72. The summed E-state index contributed by atoms with van der Waals surface area (Å²) < 4.78 is 4.97. The molecule has 1 aromatic carbocycles. The molecule has 1 N–H and O–H groups in total. The van der Waals surface area contributed by atoms with Crippen LogP contribution >= 0.6 is 0 Å². The van der Waals surface area contributed by atoms with E-state index in [1.54, 1.807) is 12.1 Å². The zero-order valence-corrected chi connectivity index (χ0v) is 13.7. The third kappa shape index (κ3) is 5.09. The molecule has 1 aliphatic rings. The predicted octanol–water partition coefficient (Wildman–Crippen LogP) is 1.59. The van der Waals surface area contributed by atoms with E-state index in [-0.39, 0.29) is 30.9 Å². The van der Waals surface area contributed by atoms with Gasteiger partial charge in [0, 0.05) is 12.7 Å². The number of benzene rings is 1. The first-order valence-corrected chi connectivity index (χ1v) is 7.64. The van der Waals surface area contributed by atoms with E-state index < -0.39 is 5.91 Å². The molecule has 0 spiro atoms. The molecule has 1 aromatic rings. The number of carbonyl (C=O) groups is 3. The molecular formula is C17H22N2O4. The van der Waals surface area contributed by atoms with Gasteiger partial charge in [0.1, 0.15) is 0 Å². The summed E-state index contributed by atoms with van der Waals surface area (Å²) in [5.41, 5.74) is 1.78. The highest BCUT2D eigenvalue weighted by molar-refractivity contribution is 5.94. The molecule has 1 saturated carbocycles. The summed E-state index contributed by atoms with van der Waals surface area (Å²) in [6, 6.07) is 7.38. The summed E-state index contributed by atoms with van der Waals surface area (Å²) in [6.45, 7) is 3.51. The summed E-state index contributed by atoms with van der Waals surface area (Å²) in [4.78, 5) is 36.6. The minimum absolute atomic E-state index is 0.0713. The molecule has 0 heterocycles. The Hall–Kier alpha value is -2.37. The second-order valence-electron chi connectivity index (χ2n) is 6.09. The summed E-state index contributed by atoms with van der Waals surface area (Å²) in [6.07, 6.45) is 0.821. The number of rotatable bonds is 6. The quantitative estimate of drug-likeness (QED) is 0.808. The van der Waals surface area contributed by atoms with Gasteiger partial charge in [-0.2, -0.15) is 0 Å². The third-order valence-corrected chi connectivity index (χ3v) is 3.89. The van der Waals surface area contributed by atoms with Crippen molar-refractivity contribution in [1.29, 1.82) is 0 Å². The van der Waals surface area contributed by atoms with Gasteiger partial charge in [0.05, 0.1) is 12.5 Å². The second kappa shape index (κ2) is 7.26. The van der Waals surface area contributed by atoms with Crippen molar-refractivity contribution in [3.63, 3.8) is 0 Å². The molecule has 0 bridgehead atoms. The Kier molecular flexibility index (Phi) is 5.36. The van der Waals surface area contributed by atoms with Crippen LogP contribution in [0.1, 0.15) is 18.9 Å². The number of nitrogens with one attached hydrogen (secondary N) is 1. The lowest BCUT2D eigenvalue weighted by Gasteiger charge is -2.16. The number of aryl methyl sites for hydroxylation is 1. The predicted molar refractivity (Wildman–Crippen MR) is 85.7 cm³/mol. The van der Waals surface area contributed by atoms with E-state index in [4.69, 9.17) is 4.74 Å². The van der Waals surface area contributed by atoms with Gasteiger partial charge >= 0.3 is 5.97 Å². The van der Waals surface area contributed by atoms with E-state index in [2.05, 4.69) is 5.32 Å². The molecule has 2 atom stereocenters. The Morgan fingerprint density at radius 2 is 1.87 bits per heavy atom. The largest absolute Gasteiger partial charge is 0.455 e. The standard InChI is InChI=1S/C17H22N2O4/c1-11-4-6-13(7-5-11)18-15(20)9-19(3)16(21)10-23-17(22)14-8-12(14)2/h4-7,12,14H,8-10H2,1-3H3,(H,18,20)/t12-,14-/m1/s1. The molecule has 0 unspecified atom stereocenters. The van der Waals surface area contributed by atoms with Crippen molar-refractivity contribution in [2.75, 3.05) is 25.5 Å². The van der Waals surface area contributed by atoms with Crippen LogP contribution in [0, 0.1) is 18.8 Å². The number of carbonyl (C=O) groups excluding carboxylic acids is 3. The van der Waals surface area contributed by atoms with Crippen LogP contribution in [0.2, 0.25) is 0 Å². The van der Waals surface area contributed by atoms with E-state index >= 15 is 0 Å². The van der Waals surface area contributed by atoms with Crippen LogP contribution in [0.4, 0.5) is 5.69 Å². The minimum atomic E-state index is -0.397. The first kappa shape index (κ1) is 17.0. The van der Waals surface area contributed by atoms with Gasteiger partial charge in [0.2, 0.25) is 5.91 Å². The lowest BCUT2D eigenvalue weighted by molar-refractivity contribution is -0.153. The maximum absolute atomic E-state index is 11.9. The van der Waals surface area contributed by atoms with Crippen LogP contribution in [-0.4, -0.2) is 42.9 Å². The van der Waals surface area contributed by atoms with Gasteiger partial charge in [0.15, 0.2) is 6.61 Å². The van der Waals surface area contributed by atoms with Gasteiger partial charge in [0.25, 0.3) is 5.91 Å². The topological polar surface area (TPSA) is 75.7 Å². The average Bonchev–Trinajstić information content (AvgIpc) is 3.23. The van der Waals surface area contributed by atoms with Crippen LogP contribution in [-0.2, 0) is 19.1 Å². The monoisotopic (exact) mass is 318 g/mol. The molecule has 124 valence electrons. The number of hydrogen-bond donors (Lipinski definition) is 1. The number of likely N-dealkylation sites (N-methyl/N-ethyl adjacent to an activating group) is 1. The van der Waals surface area contributed by atoms with E-state index in [0.717, 1.165) is 12.0 Å². The van der Waals surface area contributed by atoms with Crippen LogP contribution in [0.5, 0.6) is 0 Å². The summed E-state index contributed by atoms with van der Waals surface area (Å²) in [5.74, 6) is -0.755. The number of hydrogen-bond acceptors (Lipinski definition) is 4. The third-order valence-electron chi connectivity index (χ3n) is 3.89. The fraction of sp³-hybridized carbons (Fsp3) is 0.471. The van der Waals surface area contributed by atoms with E-state index in [0.29, 0.717) is 11.6 Å². The van der Waals surface area contributed by atoms with Gasteiger partial charge in [-0.1, -0.05) is 24.6 Å². The maximum atomic E-state index is 11.9. The zero-order chi connectivity index (χ0) is 17.0. The Morgan fingerprint density at radius 3 is 2.43 bits per heavy atom. The summed E-state index contributed by atoms with van der Waals surface area (Å²) >= 11 is 0. The molecule has 6 nitrogen and oxygen atoms in total. The highest BCUT2D eigenvalue weighted by Crippen LogP contribution is 2.38. The average molecular weight is 318 g/mol. The van der Waals surface area contributed by atoms with Crippen molar-refractivity contribution >= 4 is 23.5 Å². The molecule has 23 heavy (non-hydrogen) atoms.